The zero-order chi connectivity index (χ0) is 13.0. The molecule has 0 N–H and O–H groups in total. The van der Waals surface area contributed by atoms with Crippen LogP contribution in [-0.4, -0.2) is 14.7 Å². The third-order valence-corrected chi connectivity index (χ3v) is 2.64. The number of allylic oxidation sites excluding steroid dienone is 1. The largest absolute Gasteiger partial charge is 0.268 e. The van der Waals surface area contributed by atoms with Crippen LogP contribution in [0.15, 0.2) is 48.3 Å². The van der Waals surface area contributed by atoms with Crippen molar-refractivity contribution in [3.05, 3.63) is 69.7 Å². The number of nitro groups is 1. The highest BCUT2D eigenvalue weighted by Gasteiger charge is 2.12. The van der Waals surface area contributed by atoms with Crippen molar-refractivity contribution in [2.24, 2.45) is 7.05 Å². The van der Waals surface area contributed by atoms with E-state index in [9.17, 15) is 10.1 Å². The smallest absolute Gasteiger partial charge is 0.252 e. The third-order valence-electron chi connectivity index (χ3n) is 2.64. The summed E-state index contributed by atoms with van der Waals surface area (Å²) in [5, 5.41) is 15.0. The number of hydrogen-bond donors (Lipinski definition) is 0. The molecular weight excluding hydrogens is 230 g/mol. The topological polar surface area (TPSA) is 61.0 Å². The molecule has 1 aromatic heterocycles. The molecule has 1 aromatic carbocycles. The molecule has 0 spiro atoms. The fourth-order valence-electron chi connectivity index (χ4n) is 1.67. The van der Waals surface area contributed by atoms with Gasteiger partial charge in [-0.25, -0.2) is 0 Å². The third kappa shape index (κ3) is 2.82. The van der Waals surface area contributed by atoms with Gasteiger partial charge in [-0.05, 0) is 11.6 Å². The number of benzene rings is 1. The minimum Gasteiger partial charge on any atom is -0.268 e. The Morgan fingerprint density at radius 2 is 2.11 bits per heavy atom. The molecule has 2 rings (SSSR count). The van der Waals surface area contributed by atoms with Gasteiger partial charge in [0.25, 0.3) is 5.70 Å². The molecule has 0 aliphatic carbocycles. The van der Waals surface area contributed by atoms with Gasteiger partial charge >= 0.3 is 0 Å². The van der Waals surface area contributed by atoms with Crippen molar-refractivity contribution in [2.45, 2.75) is 6.42 Å². The Balaban J connectivity index is 2.27. The zero-order valence-corrected chi connectivity index (χ0v) is 9.98. The van der Waals surface area contributed by atoms with Gasteiger partial charge in [0.2, 0.25) is 0 Å². The first-order valence-electron chi connectivity index (χ1n) is 5.53. The summed E-state index contributed by atoms with van der Waals surface area (Å²) in [6, 6.07) is 11.1. The van der Waals surface area contributed by atoms with E-state index in [0.29, 0.717) is 6.42 Å². The van der Waals surface area contributed by atoms with Crippen molar-refractivity contribution in [1.82, 2.24) is 9.78 Å². The molecule has 5 heteroatoms. The molecule has 0 bridgehead atoms. The SMILES string of the molecule is Cn1nccc1/C=C(/Cc1ccccc1)[N+](=O)[O-]. The highest BCUT2D eigenvalue weighted by atomic mass is 16.6. The molecule has 0 atom stereocenters. The van der Waals surface area contributed by atoms with Gasteiger partial charge in [0.1, 0.15) is 0 Å². The first kappa shape index (κ1) is 12.0. The molecule has 2 aromatic rings. The maximum atomic E-state index is 11.0. The van der Waals surface area contributed by atoms with Crippen LogP contribution in [0.4, 0.5) is 0 Å². The van der Waals surface area contributed by atoms with E-state index in [0.717, 1.165) is 11.3 Å². The van der Waals surface area contributed by atoms with Crippen LogP contribution < -0.4 is 0 Å². The Bertz CT molecular complexity index is 573. The van der Waals surface area contributed by atoms with Gasteiger partial charge < -0.3 is 0 Å². The van der Waals surface area contributed by atoms with Gasteiger partial charge in [0.05, 0.1) is 17.0 Å². The van der Waals surface area contributed by atoms with Crippen LogP contribution in [0.3, 0.4) is 0 Å². The number of rotatable bonds is 4. The molecule has 5 nitrogen and oxygen atoms in total. The van der Waals surface area contributed by atoms with Crippen molar-refractivity contribution in [2.75, 3.05) is 0 Å². The lowest BCUT2D eigenvalue weighted by Gasteiger charge is -2.00. The maximum absolute atomic E-state index is 11.0. The normalized spacial score (nSPS) is 11.5. The lowest BCUT2D eigenvalue weighted by Crippen LogP contribution is -2.03. The van der Waals surface area contributed by atoms with Gasteiger partial charge in [0, 0.05) is 19.3 Å². The Morgan fingerprint density at radius 3 is 2.67 bits per heavy atom. The second-order valence-corrected chi connectivity index (χ2v) is 3.93. The summed E-state index contributed by atoms with van der Waals surface area (Å²) >= 11 is 0. The van der Waals surface area contributed by atoms with E-state index in [1.165, 1.54) is 0 Å². The summed E-state index contributed by atoms with van der Waals surface area (Å²) in [5.41, 5.74) is 1.80. The van der Waals surface area contributed by atoms with E-state index in [1.807, 2.05) is 30.3 Å². The van der Waals surface area contributed by atoms with Crippen molar-refractivity contribution in [3.63, 3.8) is 0 Å². The molecule has 0 amide bonds. The molecule has 0 aliphatic rings. The second kappa shape index (κ2) is 5.27. The number of aryl methyl sites for hydroxylation is 1. The van der Waals surface area contributed by atoms with Crippen LogP contribution in [0.5, 0.6) is 0 Å². The summed E-state index contributed by atoms with van der Waals surface area (Å²) in [4.78, 5) is 10.7. The molecule has 1 heterocycles. The van der Waals surface area contributed by atoms with Crippen LogP contribution in [0.25, 0.3) is 6.08 Å². The molecular formula is C13H13N3O2. The summed E-state index contributed by atoms with van der Waals surface area (Å²) in [6.45, 7) is 0. The molecule has 92 valence electrons. The Kier molecular flexibility index (Phi) is 3.52. The van der Waals surface area contributed by atoms with Gasteiger partial charge in [-0.2, -0.15) is 5.10 Å². The average molecular weight is 243 g/mol. The molecule has 0 fully saturated rings. The first-order valence-corrected chi connectivity index (χ1v) is 5.53. The fraction of sp³-hybridized carbons (Fsp3) is 0.154. The first-order chi connectivity index (χ1) is 8.66. The van der Waals surface area contributed by atoms with Crippen molar-refractivity contribution < 1.29 is 4.92 Å². The van der Waals surface area contributed by atoms with Crippen LogP contribution in [0.2, 0.25) is 0 Å². The van der Waals surface area contributed by atoms with Crippen molar-refractivity contribution in [1.29, 1.82) is 0 Å². The van der Waals surface area contributed by atoms with Gasteiger partial charge in [0.15, 0.2) is 0 Å². The van der Waals surface area contributed by atoms with E-state index in [-0.39, 0.29) is 10.6 Å². The van der Waals surface area contributed by atoms with E-state index in [4.69, 9.17) is 0 Å². The van der Waals surface area contributed by atoms with E-state index < -0.39 is 0 Å². The minimum absolute atomic E-state index is 0.157. The quantitative estimate of drug-likeness (QED) is 0.611. The van der Waals surface area contributed by atoms with E-state index >= 15 is 0 Å². The second-order valence-electron chi connectivity index (χ2n) is 3.93. The summed E-state index contributed by atoms with van der Waals surface area (Å²) in [5.74, 6) is 0. The molecule has 18 heavy (non-hydrogen) atoms. The zero-order valence-electron chi connectivity index (χ0n) is 9.98. The monoisotopic (exact) mass is 243 g/mol. The number of hydrogen-bond acceptors (Lipinski definition) is 3. The predicted molar refractivity (Wildman–Crippen MR) is 68.3 cm³/mol. The maximum Gasteiger partial charge on any atom is 0.252 e. The number of nitrogens with zero attached hydrogens (tertiary/aromatic N) is 3. The van der Waals surface area contributed by atoms with E-state index in [1.54, 1.807) is 30.1 Å². The molecule has 0 unspecified atom stereocenters. The highest BCUT2D eigenvalue weighted by molar-refractivity contribution is 5.47. The summed E-state index contributed by atoms with van der Waals surface area (Å²) in [7, 11) is 1.76. The van der Waals surface area contributed by atoms with Crippen molar-refractivity contribution in [3.8, 4) is 0 Å². The lowest BCUT2D eigenvalue weighted by molar-refractivity contribution is -0.425. The van der Waals surface area contributed by atoms with Crippen LogP contribution in [-0.2, 0) is 13.5 Å². The Hall–Kier alpha value is -2.43. The van der Waals surface area contributed by atoms with Gasteiger partial charge in [-0.1, -0.05) is 30.3 Å². The summed E-state index contributed by atoms with van der Waals surface area (Å²) < 4.78 is 1.61. The van der Waals surface area contributed by atoms with Crippen LogP contribution in [0.1, 0.15) is 11.3 Å². The molecule has 0 radical (unpaired) electrons. The van der Waals surface area contributed by atoms with Gasteiger partial charge in [-0.15, -0.1) is 0 Å². The molecule has 0 aliphatic heterocycles. The van der Waals surface area contributed by atoms with Gasteiger partial charge in [-0.3, -0.25) is 14.8 Å². The Labute approximate surface area is 105 Å². The average Bonchev–Trinajstić information content (AvgIpc) is 2.75. The minimum atomic E-state index is -0.347. The van der Waals surface area contributed by atoms with Crippen LogP contribution >= 0.6 is 0 Å². The summed E-state index contributed by atoms with van der Waals surface area (Å²) in [6.07, 6.45) is 3.48. The highest BCUT2D eigenvalue weighted by Crippen LogP contribution is 2.12. The number of aromatic nitrogens is 2. The standard InChI is InChI=1S/C13H13N3O2/c1-15-12(7-8-14-15)10-13(16(17)18)9-11-5-3-2-4-6-11/h2-8,10H,9H2,1H3/b13-10-. The van der Waals surface area contributed by atoms with E-state index in [2.05, 4.69) is 5.10 Å². The molecule has 0 saturated heterocycles. The molecule has 0 saturated carbocycles. The van der Waals surface area contributed by atoms with Crippen molar-refractivity contribution >= 4 is 6.08 Å². The Morgan fingerprint density at radius 1 is 1.39 bits per heavy atom. The fourth-order valence-corrected chi connectivity index (χ4v) is 1.67. The van der Waals surface area contributed by atoms with Crippen LogP contribution in [0, 0.1) is 10.1 Å². The predicted octanol–water partition coefficient (Wildman–Crippen LogP) is 2.28. The lowest BCUT2D eigenvalue weighted by atomic mass is 10.1.